The van der Waals surface area contributed by atoms with Crippen LogP contribution in [0.15, 0.2) is 41.7 Å². The normalized spacial score (nSPS) is 7.80. The Hall–Kier alpha value is -1.31. The fraction of sp³-hybridized carbons (Fsp3) is 0.462. The molecule has 0 saturated carbocycles. The topological polar surface area (TPSA) is 38.4 Å². The van der Waals surface area contributed by atoms with Crippen molar-refractivity contribution in [3.8, 4) is 0 Å². The van der Waals surface area contributed by atoms with Crippen LogP contribution >= 0.6 is 0 Å². The predicted octanol–water partition coefficient (Wildman–Crippen LogP) is 4.06. The Morgan fingerprint density at radius 2 is 1.53 bits per heavy atom. The van der Waals surface area contributed by atoms with Gasteiger partial charge in [0.2, 0.25) is 0 Å². The summed E-state index contributed by atoms with van der Waals surface area (Å²) in [6.45, 7) is 17.2. The number of nitrogens with two attached hydrogens (primary N) is 1. The van der Waals surface area contributed by atoms with Crippen LogP contribution in [0.1, 0.15) is 41.0 Å². The molecule has 0 unspecified atom stereocenters. The van der Waals surface area contributed by atoms with E-state index in [1.807, 2.05) is 34.6 Å². The highest BCUT2D eigenvalue weighted by Crippen LogP contribution is 2.01. The standard InChI is InChI=1S/C9H14N2.2C2H6/c1-4-7-11-9(10)8(5-2)6-3;2*1-2/h5-7H,2-4,10H2,1H3;2*1-2H3/b11-7-;;. The summed E-state index contributed by atoms with van der Waals surface area (Å²) >= 11 is 0. The minimum absolute atomic E-state index is 0.469. The van der Waals surface area contributed by atoms with Gasteiger partial charge in [0, 0.05) is 11.8 Å². The third kappa shape index (κ3) is 12.7. The van der Waals surface area contributed by atoms with Crippen LogP contribution in [0.25, 0.3) is 0 Å². The van der Waals surface area contributed by atoms with Crippen molar-refractivity contribution in [3.05, 3.63) is 36.7 Å². The van der Waals surface area contributed by atoms with Crippen LogP contribution in [0.2, 0.25) is 0 Å². The molecule has 0 heterocycles. The zero-order valence-electron chi connectivity index (χ0n) is 10.9. The molecule has 0 atom stereocenters. The molecule has 88 valence electrons. The molecule has 0 radical (unpaired) electrons. The Kier molecular flexibility index (Phi) is 23.8. The zero-order valence-corrected chi connectivity index (χ0v) is 10.9. The van der Waals surface area contributed by atoms with Crippen molar-refractivity contribution < 1.29 is 0 Å². The van der Waals surface area contributed by atoms with Gasteiger partial charge < -0.3 is 5.73 Å². The fourth-order valence-corrected chi connectivity index (χ4v) is 0.557. The average Bonchev–Trinajstić information content (AvgIpc) is 2.33. The average molecular weight is 210 g/mol. The van der Waals surface area contributed by atoms with Crippen LogP contribution < -0.4 is 5.73 Å². The van der Waals surface area contributed by atoms with Crippen molar-refractivity contribution in [2.45, 2.75) is 41.0 Å². The van der Waals surface area contributed by atoms with Crippen LogP contribution in [0.3, 0.4) is 0 Å². The highest BCUT2D eigenvalue weighted by Gasteiger charge is 1.89. The summed E-state index contributed by atoms with van der Waals surface area (Å²) in [4.78, 5) is 3.97. The van der Waals surface area contributed by atoms with E-state index in [1.54, 1.807) is 18.4 Å². The lowest BCUT2D eigenvalue weighted by atomic mass is 10.2. The number of nitrogens with zero attached hydrogens (tertiary/aromatic N) is 1. The van der Waals surface area contributed by atoms with Gasteiger partial charge in [-0.1, -0.05) is 59.9 Å². The van der Waals surface area contributed by atoms with Crippen molar-refractivity contribution in [1.29, 1.82) is 0 Å². The summed E-state index contributed by atoms with van der Waals surface area (Å²) in [6.07, 6.45) is 5.90. The second kappa shape index (κ2) is 18.5. The molecule has 0 saturated heterocycles. The number of hydrogen-bond acceptors (Lipinski definition) is 2. The lowest BCUT2D eigenvalue weighted by Gasteiger charge is -1.95. The van der Waals surface area contributed by atoms with E-state index in [0.717, 1.165) is 12.0 Å². The molecule has 0 amide bonds. The van der Waals surface area contributed by atoms with Gasteiger partial charge in [0.05, 0.1) is 0 Å². The minimum Gasteiger partial charge on any atom is -0.383 e. The molecule has 0 aromatic carbocycles. The van der Waals surface area contributed by atoms with E-state index < -0.39 is 0 Å². The maximum Gasteiger partial charge on any atom is 0.130 e. The molecule has 0 rings (SSSR count). The zero-order chi connectivity index (χ0) is 12.7. The molecule has 0 fully saturated rings. The van der Waals surface area contributed by atoms with Gasteiger partial charge in [0.1, 0.15) is 5.82 Å². The van der Waals surface area contributed by atoms with E-state index in [-0.39, 0.29) is 0 Å². The van der Waals surface area contributed by atoms with E-state index >= 15 is 0 Å². The Morgan fingerprint density at radius 1 is 1.13 bits per heavy atom. The second-order valence-electron chi connectivity index (χ2n) is 1.97. The molecule has 2 nitrogen and oxygen atoms in total. The van der Waals surface area contributed by atoms with Crippen LogP contribution in [-0.2, 0) is 0 Å². The molecule has 2 N–H and O–H groups in total. The maximum absolute atomic E-state index is 5.56. The Labute approximate surface area is 95.3 Å². The van der Waals surface area contributed by atoms with E-state index in [4.69, 9.17) is 5.73 Å². The van der Waals surface area contributed by atoms with E-state index in [0.29, 0.717) is 5.82 Å². The fourth-order valence-electron chi connectivity index (χ4n) is 0.557. The SMILES string of the molecule is C=CC(C=C)=C(N)/N=C\CC.CC.CC. The predicted molar refractivity (Wildman–Crippen MR) is 73.1 cm³/mol. The monoisotopic (exact) mass is 210 g/mol. The lowest BCUT2D eigenvalue weighted by Crippen LogP contribution is -1.96. The number of allylic oxidation sites excluding steroid dienone is 3. The second-order valence-corrected chi connectivity index (χ2v) is 1.97. The van der Waals surface area contributed by atoms with Crippen LogP contribution in [0, 0.1) is 0 Å². The van der Waals surface area contributed by atoms with E-state index in [9.17, 15) is 0 Å². The molecule has 2 heteroatoms. The summed E-state index contributed by atoms with van der Waals surface area (Å²) in [5, 5.41) is 0. The van der Waals surface area contributed by atoms with Gasteiger partial charge in [0.15, 0.2) is 0 Å². The van der Waals surface area contributed by atoms with Crippen molar-refractivity contribution in [2.75, 3.05) is 0 Å². The molecule has 0 aromatic heterocycles. The third-order valence-corrected chi connectivity index (χ3v) is 1.15. The van der Waals surface area contributed by atoms with Gasteiger partial charge in [-0.05, 0) is 6.42 Å². The van der Waals surface area contributed by atoms with Gasteiger partial charge in [-0.15, -0.1) is 0 Å². The largest absolute Gasteiger partial charge is 0.383 e. The quantitative estimate of drug-likeness (QED) is 0.551. The molecule has 0 aliphatic heterocycles. The molecule has 0 aliphatic rings. The van der Waals surface area contributed by atoms with E-state index in [2.05, 4.69) is 18.2 Å². The van der Waals surface area contributed by atoms with E-state index in [1.165, 1.54) is 0 Å². The van der Waals surface area contributed by atoms with Crippen LogP contribution in [-0.4, -0.2) is 6.21 Å². The molecule has 0 aromatic rings. The molecule has 0 aliphatic carbocycles. The summed E-state index contributed by atoms with van der Waals surface area (Å²) in [6, 6.07) is 0. The van der Waals surface area contributed by atoms with Crippen LogP contribution in [0.5, 0.6) is 0 Å². The Balaban J connectivity index is -0.000000318. The molecular weight excluding hydrogens is 184 g/mol. The maximum atomic E-state index is 5.56. The van der Waals surface area contributed by atoms with Gasteiger partial charge in [0.25, 0.3) is 0 Å². The lowest BCUT2D eigenvalue weighted by molar-refractivity contribution is 1.19. The molecule has 0 spiro atoms. The highest BCUT2D eigenvalue weighted by molar-refractivity contribution is 5.58. The Morgan fingerprint density at radius 3 is 1.80 bits per heavy atom. The number of hydrogen-bond donors (Lipinski definition) is 1. The smallest absolute Gasteiger partial charge is 0.130 e. The number of aliphatic imine (C=N–C) groups is 1. The first-order chi connectivity index (χ1) is 7.26. The highest BCUT2D eigenvalue weighted by atomic mass is 14.9. The van der Waals surface area contributed by atoms with Crippen LogP contribution in [0.4, 0.5) is 0 Å². The third-order valence-electron chi connectivity index (χ3n) is 1.15. The van der Waals surface area contributed by atoms with Crippen molar-refractivity contribution >= 4 is 6.21 Å². The summed E-state index contributed by atoms with van der Waals surface area (Å²) in [5.74, 6) is 0.469. The van der Waals surface area contributed by atoms with Crippen molar-refractivity contribution in [2.24, 2.45) is 10.7 Å². The first-order valence-corrected chi connectivity index (χ1v) is 5.53. The van der Waals surface area contributed by atoms with Gasteiger partial charge in [-0.3, -0.25) is 0 Å². The van der Waals surface area contributed by atoms with Crippen molar-refractivity contribution in [3.63, 3.8) is 0 Å². The number of rotatable bonds is 4. The molecule has 0 bridgehead atoms. The summed E-state index contributed by atoms with van der Waals surface area (Å²) in [5.41, 5.74) is 6.34. The Bertz CT molecular complexity index is 191. The van der Waals surface area contributed by atoms with Gasteiger partial charge in [-0.25, -0.2) is 4.99 Å². The van der Waals surface area contributed by atoms with Crippen molar-refractivity contribution in [1.82, 2.24) is 0 Å². The molecule has 15 heavy (non-hydrogen) atoms. The van der Waals surface area contributed by atoms with Gasteiger partial charge >= 0.3 is 0 Å². The molecular formula is C13H26N2. The van der Waals surface area contributed by atoms with Gasteiger partial charge in [-0.2, -0.15) is 0 Å². The summed E-state index contributed by atoms with van der Waals surface area (Å²) < 4.78 is 0. The first-order valence-electron chi connectivity index (χ1n) is 5.53. The first kappa shape index (κ1) is 19.3. The minimum atomic E-state index is 0.469. The summed E-state index contributed by atoms with van der Waals surface area (Å²) in [7, 11) is 0.